The average Bonchev–Trinajstić information content (AvgIpc) is 3.22. The molecule has 0 radical (unpaired) electrons. The van der Waals surface area contributed by atoms with E-state index in [4.69, 9.17) is 10.7 Å². The van der Waals surface area contributed by atoms with Crippen LogP contribution in [-0.2, 0) is 0 Å². The third kappa shape index (κ3) is 2.63. The van der Waals surface area contributed by atoms with Crippen molar-refractivity contribution in [3.8, 4) is 0 Å². The highest BCUT2D eigenvalue weighted by Gasteiger charge is 2.30. The van der Waals surface area contributed by atoms with Gasteiger partial charge in [0, 0.05) is 47.2 Å². The van der Waals surface area contributed by atoms with Crippen LogP contribution in [0.3, 0.4) is 0 Å². The number of anilines is 2. The molecule has 1 fully saturated rings. The maximum Gasteiger partial charge on any atom is 0.157 e. The van der Waals surface area contributed by atoms with Crippen molar-refractivity contribution in [1.29, 1.82) is 0 Å². The molecule has 1 saturated heterocycles. The average molecular weight is 374 g/mol. The number of piperidine rings is 1. The Bertz CT molecular complexity index is 1170. The van der Waals surface area contributed by atoms with Gasteiger partial charge in [-0.1, -0.05) is 18.2 Å². The summed E-state index contributed by atoms with van der Waals surface area (Å²) in [6.07, 6.45) is 2.12. The molecule has 0 saturated carbocycles. The second kappa shape index (κ2) is 6.26. The molecule has 1 aromatic carbocycles. The van der Waals surface area contributed by atoms with Gasteiger partial charge in [-0.2, -0.15) is 9.61 Å². The summed E-state index contributed by atoms with van der Waals surface area (Å²) >= 11 is 0. The second-order valence-electron chi connectivity index (χ2n) is 8.07. The Morgan fingerprint density at radius 1 is 1.18 bits per heavy atom. The van der Waals surface area contributed by atoms with Crippen molar-refractivity contribution in [2.45, 2.75) is 45.6 Å². The first kappa shape index (κ1) is 17.1. The molecular formula is C22H26N6. The number of aromatic nitrogens is 4. The molecule has 4 heterocycles. The number of benzene rings is 1. The lowest BCUT2D eigenvalue weighted by Gasteiger charge is -2.38. The molecule has 28 heavy (non-hydrogen) atoms. The number of rotatable bonds is 2. The van der Waals surface area contributed by atoms with Crippen molar-refractivity contribution in [2.24, 2.45) is 0 Å². The van der Waals surface area contributed by atoms with E-state index in [1.165, 1.54) is 22.3 Å². The highest BCUT2D eigenvalue weighted by molar-refractivity contribution is 5.88. The maximum atomic E-state index is 6.24. The second-order valence-corrected chi connectivity index (χ2v) is 8.07. The number of aryl methyl sites for hydroxylation is 2. The van der Waals surface area contributed by atoms with Crippen LogP contribution in [0, 0.1) is 13.8 Å². The van der Waals surface area contributed by atoms with Crippen LogP contribution in [0.5, 0.6) is 0 Å². The molecule has 6 nitrogen and oxygen atoms in total. The molecule has 0 spiro atoms. The Morgan fingerprint density at radius 2 is 2.00 bits per heavy atom. The normalized spacial score (nSPS) is 20.3. The van der Waals surface area contributed by atoms with Crippen LogP contribution in [0.2, 0.25) is 0 Å². The minimum atomic E-state index is 0.415. The molecule has 144 valence electrons. The van der Waals surface area contributed by atoms with E-state index in [0.717, 1.165) is 36.4 Å². The number of fused-ring (bicyclic) bond motifs is 2. The molecule has 1 aliphatic rings. The third-order valence-corrected chi connectivity index (χ3v) is 6.12. The molecule has 6 heteroatoms. The Morgan fingerprint density at radius 3 is 2.79 bits per heavy atom. The lowest BCUT2D eigenvalue weighted by atomic mass is 9.88. The van der Waals surface area contributed by atoms with Crippen LogP contribution in [0.25, 0.3) is 16.6 Å². The Hall–Kier alpha value is -3.02. The van der Waals surface area contributed by atoms with Gasteiger partial charge in [0.15, 0.2) is 5.65 Å². The van der Waals surface area contributed by atoms with E-state index in [2.05, 4.69) is 53.1 Å². The molecule has 2 atom stereocenters. The van der Waals surface area contributed by atoms with Gasteiger partial charge in [-0.3, -0.25) is 0 Å². The Balaban J connectivity index is 1.43. The van der Waals surface area contributed by atoms with Gasteiger partial charge < -0.3 is 15.6 Å². The van der Waals surface area contributed by atoms with Crippen LogP contribution in [0.4, 0.5) is 11.6 Å². The predicted octanol–water partition coefficient (Wildman–Crippen LogP) is 4.18. The van der Waals surface area contributed by atoms with E-state index in [9.17, 15) is 0 Å². The van der Waals surface area contributed by atoms with Gasteiger partial charge in [0.05, 0.1) is 5.69 Å². The van der Waals surface area contributed by atoms with Crippen LogP contribution in [0.1, 0.15) is 42.6 Å². The van der Waals surface area contributed by atoms with Crippen molar-refractivity contribution in [3.05, 3.63) is 53.3 Å². The van der Waals surface area contributed by atoms with Crippen LogP contribution < -0.4 is 10.6 Å². The number of hydrogen-bond acceptors (Lipinski definition) is 4. The quantitative estimate of drug-likeness (QED) is 0.552. The summed E-state index contributed by atoms with van der Waals surface area (Å²) in [7, 11) is 0. The fourth-order valence-electron chi connectivity index (χ4n) is 4.67. The van der Waals surface area contributed by atoms with Crippen LogP contribution in [0.15, 0.2) is 36.4 Å². The third-order valence-electron chi connectivity index (χ3n) is 6.12. The van der Waals surface area contributed by atoms with Crippen LogP contribution >= 0.6 is 0 Å². The molecule has 0 amide bonds. The molecule has 3 aromatic heterocycles. The van der Waals surface area contributed by atoms with Crippen molar-refractivity contribution in [3.63, 3.8) is 0 Å². The molecule has 4 aromatic rings. The number of H-pyrrole nitrogens is 1. The highest BCUT2D eigenvalue weighted by atomic mass is 15.3. The zero-order valence-corrected chi connectivity index (χ0v) is 16.6. The van der Waals surface area contributed by atoms with Crippen molar-refractivity contribution < 1.29 is 0 Å². The molecule has 1 aliphatic heterocycles. The fraction of sp³-hybridized carbons (Fsp3) is 0.364. The minimum Gasteiger partial charge on any atom is -0.384 e. The van der Waals surface area contributed by atoms with Gasteiger partial charge in [0.2, 0.25) is 0 Å². The van der Waals surface area contributed by atoms with E-state index < -0.39 is 0 Å². The molecule has 2 unspecified atom stereocenters. The number of nitrogens with two attached hydrogens (primary N) is 1. The van der Waals surface area contributed by atoms with Crippen LogP contribution in [-0.4, -0.2) is 32.2 Å². The van der Waals surface area contributed by atoms with Gasteiger partial charge in [0.25, 0.3) is 0 Å². The number of para-hydroxylation sites is 1. The SMILES string of the molecule is Cc1cc2nc(C3CCN(c4[nH]c5ccccc5c4C)C(C)C3)cc(N)n2n1. The van der Waals surface area contributed by atoms with E-state index in [-0.39, 0.29) is 0 Å². The first-order valence-corrected chi connectivity index (χ1v) is 9.98. The molecule has 3 N–H and O–H groups in total. The zero-order valence-electron chi connectivity index (χ0n) is 16.6. The summed E-state index contributed by atoms with van der Waals surface area (Å²) < 4.78 is 1.73. The van der Waals surface area contributed by atoms with Crippen molar-refractivity contribution in [2.75, 3.05) is 17.2 Å². The summed E-state index contributed by atoms with van der Waals surface area (Å²) in [6, 6.07) is 13.0. The highest BCUT2D eigenvalue weighted by Crippen LogP contribution is 2.37. The largest absolute Gasteiger partial charge is 0.384 e. The molecule has 5 rings (SSSR count). The standard InChI is InChI=1S/C22H26N6/c1-13-10-21-24-19(12-20(23)28(21)26-13)16-8-9-27(14(2)11-16)22-15(3)17-6-4-5-7-18(17)25-22/h4-7,10,12,14,16,25H,8-9,11,23H2,1-3H3. The number of nitrogens with zero attached hydrogens (tertiary/aromatic N) is 4. The molecule has 0 aliphatic carbocycles. The van der Waals surface area contributed by atoms with E-state index in [1.54, 1.807) is 4.52 Å². The van der Waals surface area contributed by atoms with Gasteiger partial charge in [-0.15, -0.1) is 0 Å². The van der Waals surface area contributed by atoms with Gasteiger partial charge >= 0.3 is 0 Å². The first-order valence-electron chi connectivity index (χ1n) is 9.98. The van der Waals surface area contributed by atoms with Crippen molar-refractivity contribution in [1.82, 2.24) is 19.6 Å². The van der Waals surface area contributed by atoms with Gasteiger partial charge in [-0.25, -0.2) is 4.98 Å². The minimum absolute atomic E-state index is 0.415. The summed E-state index contributed by atoms with van der Waals surface area (Å²) in [5.41, 5.74) is 11.6. The zero-order chi connectivity index (χ0) is 19.4. The lowest BCUT2D eigenvalue weighted by Crippen LogP contribution is -2.41. The van der Waals surface area contributed by atoms with E-state index >= 15 is 0 Å². The summed E-state index contributed by atoms with van der Waals surface area (Å²) in [5, 5.41) is 5.72. The van der Waals surface area contributed by atoms with E-state index in [1.807, 2.05) is 19.1 Å². The lowest BCUT2D eigenvalue weighted by molar-refractivity contribution is 0.423. The molecule has 0 bridgehead atoms. The van der Waals surface area contributed by atoms with Crippen molar-refractivity contribution >= 4 is 28.2 Å². The number of hydrogen-bond donors (Lipinski definition) is 2. The van der Waals surface area contributed by atoms with Gasteiger partial charge in [-0.05, 0) is 45.2 Å². The smallest absolute Gasteiger partial charge is 0.157 e. The number of nitrogen functional groups attached to an aromatic ring is 1. The first-order chi connectivity index (χ1) is 13.5. The summed E-state index contributed by atoms with van der Waals surface area (Å²) in [4.78, 5) is 11.0. The number of nitrogens with one attached hydrogen (secondary N) is 1. The Labute approximate surface area is 164 Å². The summed E-state index contributed by atoms with van der Waals surface area (Å²) in [6.45, 7) is 7.49. The fourth-order valence-corrected chi connectivity index (χ4v) is 4.67. The topological polar surface area (TPSA) is 75.2 Å². The van der Waals surface area contributed by atoms with Gasteiger partial charge in [0.1, 0.15) is 11.6 Å². The monoisotopic (exact) mass is 374 g/mol. The molecular weight excluding hydrogens is 348 g/mol. The maximum absolute atomic E-state index is 6.24. The predicted molar refractivity (Wildman–Crippen MR) is 114 cm³/mol. The summed E-state index contributed by atoms with van der Waals surface area (Å²) in [5.74, 6) is 2.33. The van der Waals surface area contributed by atoms with E-state index in [0.29, 0.717) is 17.8 Å². The number of aromatic amines is 1. The Kier molecular flexibility index (Phi) is 3.82.